The molecule has 1 fully saturated rings. The molecule has 8 heteroatoms. The Bertz CT molecular complexity index is 769. The Morgan fingerprint density at radius 1 is 1.44 bits per heavy atom. The third-order valence-corrected chi connectivity index (χ3v) is 4.32. The Balaban J connectivity index is 1.58. The van der Waals surface area contributed by atoms with E-state index in [-0.39, 0.29) is 43.4 Å². The van der Waals surface area contributed by atoms with Crippen molar-refractivity contribution in [3.05, 3.63) is 34.7 Å². The number of nitrogens with one attached hydrogen (secondary N) is 2. The van der Waals surface area contributed by atoms with Crippen LogP contribution in [0.3, 0.4) is 0 Å². The fourth-order valence-electron chi connectivity index (χ4n) is 3.07. The number of aromatic amines is 1. The Labute approximate surface area is 144 Å². The van der Waals surface area contributed by atoms with Crippen LogP contribution in [0.4, 0.5) is 0 Å². The Kier molecular flexibility index (Phi) is 5.85. The van der Waals surface area contributed by atoms with Gasteiger partial charge in [0.25, 0.3) is 0 Å². The van der Waals surface area contributed by atoms with Crippen LogP contribution in [0.2, 0.25) is 0 Å². The van der Waals surface area contributed by atoms with E-state index in [0.717, 1.165) is 11.0 Å². The fourth-order valence-corrected chi connectivity index (χ4v) is 3.07. The van der Waals surface area contributed by atoms with E-state index in [9.17, 15) is 9.59 Å². The number of hydrogen-bond donors (Lipinski definition) is 3. The minimum atomic E-state index is -0.263. The third-order valence-electron chi connectivity index (χ3n) is 4.32. The topological polar surface area (TPSA) is 106 Å². The summed E-state index contributed by atoms with van der Waals surface area (Å²) in [4.78, 5) is 27.1. The number of aliphatic hydroxyl groups is 1. The lowest BCUT2D eigenvalue weighted by Crippen LogP contribution is -2.50. The number of carbonyl (C=O) groups is 1. The maximum absolute atomic E-state index is 12.3. The number of para-hydroxylation sites is 2. The van der Waals surface area contributed by atoms with Gasteiger partial charge in [0.05, 0.1) is 36.9 Å². The van der Waals surface area contributed by atoms with Gasteiger partial charge in [-0.15, -0.1) is 0 Å². The number of benzene rings is 1. The zero-order chi connectivity index (χ0) is 17.6. The molecule has 1 aliphatic rings. The molecule has 3 N–H and O–H groups in total. The number of fused-ring (bicyclic) bond motifs is 1. The van der Waals surface area contributed by atoms with Crippen LogP contribution in [0, 0.1) is 0 Å². The Morgan fingerprint density at radius 2 is 2.28 bits per heavy atom. The SMILES string of the molecule is O=C(CCn1c(=O)[nH]c2ccccc21)N[C@@H]1CCOC[C@H]1OCCO. The minimum Gasteiger partial charge on any atom is -0.394 e. The van der Waals surface area contributed by atoms with Crippen molar-refractivity contribution in [1.82, 2.24) is 14.9 Å². The lowest BCUT2D eigenvalue weighted by atomic mass is 10.1. The number of aryl methyl sites for hydroxylation is 1. The third kappa shape index (κ3) is 4.28. The van der Waals surface area contributed by atoms with Gasteiger partial charge in [-0.2, -0.15) is 0 Å². The first-order valence-electron chi connectivity index (χ1n) is 8.46. The lowest BCUT2D eigenvalue weighted by Gasteiger charge is -2.32. The highest BCUT2D eigenvalue weighted by Gasteiger charge is 2.27. The van der Waals surface area contributed by atoms with Gasteiger partial charge in [0.2, 0.25) is 5.91 Å². The van der Waals surface area contributed by atoms with Gasteiger partial charge in [0.1, 0.15) is 6.10 Å². The number of H-pyrrole nitrogens is 1. The Hall–Kier alpha value is -2.16. The number of imidazole rings is 1. The molecule has 0 bridgehead atoms. The molecule has 0 radical (unpaired) electrons. The van der Waals surface area contributed by atoms with Gasteiger partial charge in [0.15, 0.2) is 0 Å². The number of amides is 1. The maximum Gasteiger partial charge on any atom is 0.326 e. The number of ether oxygens (including phenoxy) is 2. The first-order valence-corrected chi connectivity index (χ1v) is 8.46. The summed E-state index contributed by atoms with van der Waals surface area (Å²) in [5, 5.41) is 11.8. The molecular formula is C17H23N3O5. The molecule has 2 heterocycles. The van der Waals surface area contributed by atoms with E-state index in [0.29, 0.717) is 26.2 Å². The monoisotopic (exact) mass is 349 g/mol. The normalized spacial score (nSPS) is 20.7. The molecule has 1 saturated heterocycles. The average molecular weight is 349 g/mol. The van der Waals surface area contributed by atoms with Crippen LogP contribution in [-0.2, 0) is 20.8 Å². The summed E-state index contributed by atoms with van der Waals surface area (Å²) in [7, 11) is 0. The molecule has 0 saturated carbocycles. The number of nitrogens with zero attached hydrogens (tertiary/aromatic N) is 1. The molecule has 0 unspecified atom stereocenters. The van der Waals surface area contributed by atoms with Crippen LogP contribution < -0.4 is 11.0 Å². The molecular weight excluding hydrogens is 326 g/mol. The van der Waals surface area contributed by atoms with Gasteiger partial charge in [-0.1, -0.05) is 12.1 Å². The van der Waals surface area contributed by atoms with Gasteiger partial charge in [-0.25, -0.2) is 4.79 Å². The van der Waals surface area contributed by atoms with E-state index >= 15 is 0 Å². The highest BCUT2D eigenvalue weighted by molar-refractivity contribution is 5.77. The summed E-state index contributed by atoms with van der Waals surface area (Å²) in [6.07, 6.45) is 0.599. The first-order chi connectivity index (χ1) is 12.2. The van der Waals surface area contributed by atoms with Crippen LogP contribution in [0.15, 0.2) is 29.1 Å². The molecule has 1 amide bonds. The predicted octanol–water partition coefficient (Wildman–Crippen LogP) is 0.00230. The summed E-state index contributed by atoms with van der Waals surface area (Å²) in [5.74, 6) is -0.137. The highest BCUT2D eigenvalue weighted by Crippen LogP contribution is 2.12. The van der Waals surface area contributed by atoms with Crippen molar-refractivity contribution in [2.45, 2.75) is 31.5 Å². The molecule has 8 nitrogen and oxygen atoms in total. The quantitative estimate of drug-likeness (QED) is 0.653. The van der Waals surface area contributed by atoms with E-state index in [2.05, 4.69) is 10.3 Å². The van der Waals surface area contributed by atoms with Crippen LogP contribution in [-0.4, -0.2) is 59.1 Å². The molecule has 3 rings (SSSR count). The van der Waals surface area contributed by atoms with Crippen molar-refractivity contribution >= 4 is 16.9 Å². The highest BCUT2D eigenvalue weighted by atomic mass is 16.5. The van der Waals surface area contributed by atoms with Crippen molar-refractivity contribution in [1.29, 1.82) is 0 Å². The van der Waals surface area contributed by atoms with Crippen LogP contribution in [0.5, 0.6) is 0 Å². The standard InChI is InChI=1S/C17H23N3O5/c21-8-10-25-15-11-24-9-6-13(15)18-16(22)5-7-20-14-4-2-1-3-12(14)19-17(20)23/h1-4,13,15,21H,5-11H2,(H,18,22)(H,19,23)/t13-,15-/m1/s1. The lowest BCUT2D eigenvalue weighted by molar-refractivity contribution is -0.126. The number of aliphatic hydroxyl groups excluding tert-OH is 1. The molecule has 1 aromatic heterocycles. The van der Waals surface area contributed by atoms with E-state index in [1.54, 1.807) is 4.57 Å². The minimum absolute atomic E-state index is 0.0688. The first kappa shape index (κ1) is 17.7. The van der Waals surface area contributed by atoms with Crippen LogP contribution in [0.1, 0.15) is 12.8 Å². The number of aromatic nitrogens is 2. The molecule has 1 aromatic carbocycles. The number of carbonyl (C=O) groups excluding carboxylic acids is 1. The fraction of sp³-hybridized carbons (Fsp3) is 0.529. The zero-order valence-electron chi connectivity index (χ0n) is 13.9. The van der Waals surface area contributed by atoms with E-state index in [1.165, 1.54) is 0 Å². The molecule has 0 spiro atoms. The summed E-state index contributed by atoms with van der Waals surface area (Å²) >= 11 is 0. The van der Waals surface area contributed by atoms with Gasteiger partial charge < -0.3 is 24.9 Å². The van der Waals surface area contributed by atoms with E-state index < -0.39 is 0 Å². The summed E-state index contributed by atoms with van der Waals surface area (Å²) in [5.41, 5.74) is 1.33. The molecule has 2 atom stereocenters. The summed E-state index contributed by atoms with van der Waals surface area (Å²) in [6, 6.07) is 7.25. The average Bonchev–Trinajstić information content (AvgIpc) is 2.94. The molecule has 2 aromatic rings. The maximum atomic E-state index is 12.3. The second-order valence-corrected chi connectivity index (χ2v) is 6.02. The van der Waals surface area contributed by atoms with Gasteiger partial charge in [-0.3, -0.25) is 9.36 Å². The number of rotatable bonds is 7. The van der Waals surface area contributed by atoms with E-state index in [1.807, 2.05) is 24.3 Å². The van der Waals surface area contributed by atoms with Crippen molar-refractivity contribution in [3.63, 3.8) is 0 Å². The second-order valence-electron chi connectivity index (χ2n) is 6.02. The van der Waals surface area contributed by atoms with Crippen molar-refractivity contribution in [2.24, 2.45) is 0 Å². The van der Waals surface area contributed by atoms with Crippen LogP contribution in [0.25, 0.3) is 11.0 Å². The smallest absolute Gasteiger partial charge is 0.326 e. The zero-order valence-corrected chi connectivity index (χ0v) is 13.9. The summed E-state index contributed by atoms with van der Waals surface area (Å²) < 4.78 is 12.5. The molecule has 25 heavy (non-hydrogen) atoms. The van der Waals surface area contributed by atoms with Crippen molar-refractivity contribution in [2.75, 3.05) is 26.4 Å². The van der Waals surface area contributed by atoms with Gasteiger partial charge >= 0.3 is 5.69 Å². The number of hydrogen-bond acceptors (Lipinski definition) is 5. The summed E-state index contributed by atoms with van der Waals surface area (Å²) in [6.45, 7) is 1.41. The van der Waals surface area contributed by atoms with Crippen LogP contribution >= 0.6 is 0 Å². The largest absolute Gasteiger partial charge is 0.394 e. The Morgan fingerprint density at radius 3 is 3.12 bits per heavy atom. The van der Waals surface area contributed by atoms with Gasteiger partial charge in [-0.05, 0) is 18.6 Å². The second kappa shape index (κ2) is 8.28. The molecule has 136 valence electrons. The van der Waals surface area contributed by atoms with Gasteiger partial charge in [0, 0.05) is 19.6 Å². The van der Waals surface area contributed by atoms with Crippen molar-refractivity contribution < 1.29 is 19.4 Å². The van der Waals surface area contributed by atoms with E-state index in [4.69, 9.17) is 14.6 Å². The molecule has 0 aliphatic carbocycles. The molecule has 1 aliphatic heterocycles. The van der Waals surface area contributed by atoms with Crippen molar-refractivity contribution in [3.8, 4) is 0 Å². The predicted molar refractivity (Wildman–Crippen MR) is 91.4 cm³/mol.